The highest BCUT2D eigenvalue weighted by molar-refractivity contribution is 7.18. The smallest absolute Gasteiger partial charge is 0.341 e. The van der Waals surface area contributed by atoms with Crippen LogP contribution >= 0.6 is 22.9 Å². The molecule has 2 aromatic rings. The zero-order valence-corrected chi connectivity index (χ0v) is 19.7. The molecule has 1 fully saturated rings. The molecule has 0 aliphatic carbocycles. The number of nitrogens with two attached hydrogens (primary N) is 1. The van der Waals surface area contributed by atoms with Crippen LogP contribution in [0.5, 0.6) is 0 Å². The van der Waals surface area contributed by atoms with Gasteiger partial charge in [-0.2, -0.15) is 0 Å². The second-order valence-electron chi connectivity index (χ2n) is 7.57. The van der Waals surface area contributed by atoms with Gasteiger partial charge in [0.05, 0.1) is 23.6 Å². The standard InChI is InChI=1S/C22H27ClN4O4S/c1-3-31-22(30)18-14(2)19(20(24)29)32-21(18)25-17(28)13-27-10-8-26(9-11-27)12-15-4-6-16(23)7-5-15/h4-7H,3,8-13H2,1-2H3,(H2,24,29)(H,25,28). The molecule has 0 saturated carbocycles. The second-order valence-corrected chi connectivity index (χ2v) is 9.03. The van der Waals surface area contributed by atoms with Crippen molar-refractivity contribution in [1.82, 2.24) is 9.80 Å². The number of ether oxygens (including phenoxy) is 1. The van der Waals surface area contributed by atoms with Gasteiger partial charge in [-0.05, 0) is 37.1 Å². The number of primary amides is 1. The number of benzene rings is 1. The van der Waals surface area contributed by atoms with Crippen molar-refractivity contribution in [3.8, 4) is 0 Å². The van der Waals surface area contributed by atoms with Crippen LogP contribution in [0.3, 0.4) is 0 Å². The van der Waals surface area contributed by atoms with Gasteiger partial charge in [-0.1, -0.05) is 23.7 Å². The minimum atomic E-state index is -0.643. The van der Waals surface area contributed by atoms with Gasteiger partial charge in [0, 0.05) is 37.7 Å². The highest BCUT2D eigenvalue weighted by atomic mass is 35.5. The van der Waals surface area contributed by atoms with E-state index in [1.54, 1.807) is 13.8 Å². The van der Waals surface area contributed by atoms with Gasteiger partial charge in [0.1, 0.15) is 5.00 Å². The van der Waals surface area contributed by atoms with Crippen molar-refractivity contribution in [2.45, 2.75) is 20.4 Å². The number of hydrogen-bond acceptors (Lipinski definition) is 7. The minimum Gasteiger partial charge on any atom is -0.462 e. The molecule has 3 N–H and O–H groups in total. The van der Waals surface area contributed by atoms with E-state index in [1.165, 1.54) is 5.56 Å². The summed E-state index contributed by atoms with van der Waals surface area (Å²) < 4.78 is 5.08. The summed E-state index contributed by atoms with van der Waals surface area (Å²) in [5.74, 6) is -1.48. The normalized spacial score (nSPS) is 14.8. The van der Waals surface area contributed by atoms with Crippen LogP contribution in [0, 0.1) is 6.92 Å². The number of esters is 1. The molecule has 2 amide bonds. The first-order chi connectivity index (χ1) is 15.3. The first-order valence-corrected chi connectivity index (χ1v) is 11.6. The fourth-order valence-corrected chi connectivity index (χ4v) is 4.80. The van der Waals surface area contributed by atoms with E-state index in [9.17, 15) is 14.4 Å². The molecule has 0 unspecified atom stereocenters. The molecule has 8 nitrogen and oxygen atoms in total. The predicted molar refractivity (Wildman–Crippen MR) is 125 cm³/mol. The van der Waals surface area contributed by atoms with Gasteiger partial charge in [-0.25, -0.2) is 4.79 Å². The molecule has 10 heteroatoms. The molecule has 0 radical (unpaired) electrons. The Labute approximate surface area is 196 Å². The van der Waals surface area contributed by atoms with Crippen molar-refractivity contribution in [1.29, 1.82) is 0 Å². The van der Waals surface area contributed by atoms with Crippen molar-refractivity contribution in [2.75, 3.05) is 44.6 Å². The third-order valence-electron chi connectivity index (χ3n) is 5.25. The molecule has 172 valence electrons. The van der Waals surface area contributed by atoms with Crippen LogP contribution in [0.15, 0.2) is 24.3 Å². The number of piperazine rings is 1. The summed E-state index contributed by atoms with van der Waals surface area (Å²) in [6.07, 6.45) is 0. The Hall–Kier alpha value is -2.46. The number of rotatable bonds is 8. The number of carbonyl (C=O) groups excluding carboxylic acids is 3. The fraction of sp³-hybridized carbons (Fsp3) is 0.409. The van der Waals surface area contributed by atoms with E-state index in [4.69, 9.17) is 22.1 Å². The largest absolute Gasteiger partial charge is 0.462 e. The average Bonchev–Trinajstić information content (AvgIpc) is 3.07. The summed E-state index contributed by atoms with van der Waals surface area (Å²) in [7, 11) is 0. The van der Waals surface area contributed by atoms with Crippen molar-refractivity contribution < 1.29 is 19.1 Å². The Kier molecular flexibility index (Phi) is 8.25. The van der Waals surface area contributed by atoms with Crippen LogP contribution in [-0.2, 0) is 16.1 Å². The molecular weight excluding hydrogens is 452 g/mol. The monoisotopic (exact) mass is 478 g/mol. The van der Waals surface area contributed by atoms with Gasteiger partial charge in [0.15, 0.2) is 0 Å². The summed E-state index contributed by atoms with van der Waals surface area (Å²) in [5.41, 5.74) is 7.22. The highest BCUT2D eigenvalue weighted by Crippen LogP contribution is 2.33. The summed E-state index contributed by atoms with van der Waals surface area (Å²) in [6, 6.07) is 7.81. The van der Waals surface area contributed by atoms with E-state index in [-0.39, 0.29) is 29.5 Å². The molecule has 1 aromatic heterocycles. The Morgan fingerprint density at radius 3 is 2.34 bits per heavy atom. The van der Waals surface area contributed by atoms with E-state index < -0.39 is 11.9 Å². The van der Waals surface area contributed by atoms with E-state index in [0.717, 1.165) is 49.1 Å². The molecule has 1 aliphatic rings. The lowest BCUT2D eigenvalue weighted by Gasteiger charge is -2.34. The molecular formula is C22H27ClN4O4S. The van der Waals surface area contributed by atoms with Gasteiger partial charge in [0.25, 0.3) is 5.91 Å². The van der Waals surface area contributed by atoms with E-state index >= 15 is 0 Å². The van der Waals surface area contributed by atoms with Gasteiger partial charge < -0.3 is 15.8 Å². The van der Waals surface area contributed by atoms with E-state index in [0.29, 0.717) is 10.6 Å². The predicted octanol–water partition coefficient (Wildman–Crippen LogP) is 2.74. The number of hydrogen-bond donors (Lipinski definition) is 2. The first-order valence-electron chi connectivity index (χ1n) is 10.4. The Morgan fingerprint density at radius 2 is 1.75 bits per heavy atom. The number of anilines is 1. The van der Waals surface area contributed by atoms with Crippen molar-refractivity contribution in [3.05, 3.63) is 50.9 Å². The Morgan fingerprint density at radius 1 is 1.12 bits per heavy atom. The summed E-state index contributed by atoms with van der Waals surface area (Å²) >= 11 is 6.94. The molecule has 1 aliphatic heterocycles. The Bertz CT molecular complexity index is 985. The molecule has 0 atom stereocenters. The van der Waals surface area contributed by atoms with Gasteiger partial charge in [0.2, 0.25) is 5.91 Å². The van der Waals surface area contributed by atoms with Crippen LogP contribution < -0.4 is 11.1 Å². The fourth-order valence-electron chi connectivity index (χ4n) is 3.61. The molecule has 0 bridgehead atoms. The zero-order valence-electron chi connectivity index (χ0n) is 18.2. The minimum absolute atomic E-state index is 0.187. The van der Waals surface area contributed by atoms with Crippen molar-refractivity contribution in [2.24, 2.45) is 5.73 Å². The molecule has 32 heavy (non-hydrogen) atoms. The number of amides is 2. The molecule has 3 rings (SSSR count). The van der Waals surface area contributed by atoms with Gasteiger partial charge >= 0.3 is 5.97 Å². The van der Waals surface area contributed by atoms with Crippen molar-refractivity contribution in [3.63, 3.8) is 0 Å². The first kappa shape index (κ1) is 24.2. The zero-order chi connectivity index (χ0) is 23.3. The lowest BCUT2D eigenvalue weighted by Crippen LogP contribution is -2.48. The molecule has 0 spiro atoms. The molecule has 1 aromatic carbocycles. The maximum atomic E-state index is 12.7. The SMILES string of the molecule is CCOC(=O)c1c(NC(=O)CN2CCN(Cc3ccc(Cl)cc3)CC2)sc(C(N)=O)c1C. The second kappa shape index (κ2) is 10.9. The third-order valence-corrected chi connectivity index (χ3v) is 6.73. The Balaban J connectivity index is 1.57. The topological polar surface area (TPSA) is 105 Å². The van der Waals surface area contributed by atoms with Crippen LogP contribution in [0.2, 0.25) is 5.02 Å². The molecule has 2 heterocycles. The summed E-state index contributed by atoms with van der Waals surface area (Å²) in [4.78, 5) is 41.4. The van der Waals surface area contributed by atoms with Crippen LogP contribution in [0.25, 0.3) is 0 Å². The van der Waals surface area contributed by atoms with E-state index in [2.05, 4.69) is 15.1 Å². The third kappa shape index (κ3) is 6.07. The van der Waals surface area contributed by atoms with Crippen LogP contribution in [0.4, 0.5) is 5.00 Å². The summed E-state index contributed by atoms with van der Waals surface area (Å²) in [5, 5.41) is 3.79. The lowest BCUT2D eigenvalue weighted by atomic mass is 10.1. The van der Waals surface area contributed by atoms with Crippen LogP contribution in [-0.4, -0.2) is 66.9 Å². The van der Waals surface area contributed by atoms with Crippen molar-refractivity contribution >= 4 is 45.7 Å². The summed E-state index contributed by atoms with van der Waals surface area (Å²) in [6.45, 7) is 7.72. The van der Waals surface area contributed by atoms with Gasteiger partial charge in [-0.3, -0.25) is 19.4 Å². The number of nitrogens with one attached hydrogen (secondary N) is 1. The number of halogens is 1. The number of carbonyl (C=O) groups is 3. The highest BCUT2D eigenvalue weighted by Gasteiger charge is 2.26. The lowest BCUT2D eigenvalue weighted by molar-refractivity contribution is -0.117. The maximum Gasteiger partial charge on any atom is 0.341 e. The quantitative estimate of drug-likeness (QED) is 0.565. The average molecular weight is 479 g/mol. The van der Waals surface area contributed by atoms with Crippen LogP contribution in [0.1, 0.15) is 38.1 Å². The van der Waals surface area contributed by atoms with Gasteiger partial charge in [-0.15, -0.1) is 11.3 Å². The number of thiophene rings is 1. The number of nitrogens with zero attached hydrogens (tertiary/aromatic N) is 2. The maximum absolute atomic E-state index is 12.7. The van der Waals surface area contributed by atoms with E-state index in [1.807, 2.05) is 24.3 Å². The molecule has 1 saturated heterocycles.